The van der Waals surface area contributed by atoms with E-state index >= 15 is 0 Å². The van der Waals surface area contributed by atoms with Crippen LogP contribution in [0.25, 0.3) is 0 Å². The SMILES string of the molecule is Cc1cnc(Nc2cccc(C3CCN(C(=O)[C@H]4CC(=O)OC45CCCCC5)CC3)n2)s1. The summed E-state index contributed by atoms with van der Waals surface area (Å²) in [4.78, 5) is 37.8. The van der Waals surface area contributed by atoms with Gasteiger partial charge in [-0.15, -0.1) is 11.3 Å². The Morgan fingerprint density at radius 1 is 1.22 bits per heavy atom. The van der Waals surface area contributed by atoms with E-state index in [1.165, 1.54) is 0 Å². The number of amides is 1. The van der Waals surface area contributed by atoms with Crippen LogP contribution in [0.4, 0.5) is 10.9 Å². The number of thiazole rings is 1. The van der Waals surface area contributed by atoms with E-state index in [1.54, 1.807) is 11.3 Å². The third-order valence-corrected chi connectivity index (χ3v) is 8.00. The predicted molar refractivity (Wildman–Crippen MR) is 123 cm³/mol. The molecule has 3 aliphatic rings. The topological polar surface area (TPSA) is 84.4 Å². The Morgan fingerprint density at radius 3 is 2.72 bits per heavy atom. The van der Waals surface area contributed by atoms with Crippen molar-refractivity contribution in [1.29, 1.82) is 0 Å². The quantitative estimate of drug-likeness (QED) is 0.682. The van der Waals surface area contributed by atoms with Gasteiger partial charge in [-0.1, -0.05) is 12.5 Å². The van der Waals surface area contributed by atoms with Crippen molar-refractivity contribution in [3.8, 4) is 0 Å². The molecule has 0 radical (unpaired) electrons. The zero-order valence-electron chi connectivity index (χ0n) is 18.5. The monoisotopic (exact) mass is 454 g/mol. The molecule has 2 aliphatic heterocycles. The van der Waals surface area contributed by atoms with Gasteiger partial charge in [-0.2, -0.15) is 0 Å². The van der Waals surface area contributed by atoms with Gasteiger partial charge < -0.3 is 15.0 Å². The van der Waals surface area contributed by atoms with Crippen LogP contribution >= 0.6 is 11.3 Å². The first kappa shape index (κ1) is 21.4. The Labute approximate surface area is 192 Å². The number of likely N-dealkylation sites (tertiary alicyclic amines) is 1. The highest BCUT2D eigenvalue weighted by Gasteiger charge is 2.53. The fourth-order valence-corrected chi connectivity index (χ4v) is 6.16. The van der Waals surface area contributed by atoms with Gasteiger partial charge in [-0.05, 0) is 57.6 Å². The molecule has 2 aromatic rings. The average Bonchev–Trinajstić information content (AvgIpc) is 3.36. The Hall–Kier alpha value is -2.48. The zero-order chi connectivity index (χ0) is 22.1. The normalized spacial score (nSPS) is 23.3. The molecule has 2 aromatic heterocycles. The van der Waals surface area contributed by atoms with Crippen molar-refractivity contribution in [3.05, 3.63) is 35.0 Å². The van der Waals surface area contributed by atoms with E-state index in [0.29, 0.717) is 19.0 Å². The van der Waals surface area contributed by atoms with E-state index in [0.717, 1.165) is 66.5 Å². The summed E-state index contributed by atoms with van der Waals surface area (Å²) < 4.78 is 5.76. The molecule has 170 valence electrons. The second kappa shape index (κ2) is 8.81. The number of hydrogen-bond donors (Lipinski definition) is 1. The molecule has 32 heavy (non-hydrogen) atoms. The number of aryl methyl sites for hydroxylation is 1. The van der Waals surface area contributed by atoms with Crippen molar-refractivity contribution in [3.63, 3.8) is 0 Å². The number of aromatic nitrogens is 2. The molecule has 5 rings (SSSR count). The Balaban J connectivity index is 1.22. The molecular weight excluding hydrogens is 424 g/mol. The summed E-state index contributed by atoms with van der Waals surface area (Å²) in [5.74, 6) is 0.724. The number of pyridine rings is 1. The lowest BCUT2D eigenvalue weighted by Crippen LogP contribution is -2.49. The van der Waals surface area contributed by atoms with E-state index in [-0.39, 0.29) is 24.2 Å². The number of piperidine rings is 1. The molecule has 2 saturated heterocycles. The van der Waals surface area contributed by atoms with Crippen molar-refractivity contribution in [1.82, 2.24) is 14.9 Å². The number of rotatable bonds is 4. The van der Waals surface area contributed by atoms with Crippen molar-refractivity contribution in [2.24, 2.45) is 5.92 Å². The summed E-state index contributed by atoms with van der Waals surface area (Å²) >= 11 is 1.61. The van der Waals surface area contributed by atoms with Crippen molar-refractivity contribution >= 4 is 34.2 Å². The molecule has 0 aromatic carbocycles. The summed E-state index contributed by atoms with van der Waals surface area (Å²) in [5, 5.41) is 4.14. The Morgan fingerprint density at radius 2 is 2.00 bits per heavy atom. The standard InChI is InChI=1S/C24H30N4O3S/c1-16-15-25-23(32-16)27-20-7-5-6-19(26-20)17-8-12-28(13-9-17)22(30)18-14-21(29)31-24(18)10-3-2-4-11-24/h5-7,15,17-18H,2-4,8-14H2,1H3,(H,25,26,27)/t18-/m1/s1. The first-order chi connectivity index (χ1) is 15.5. The number of carbonyl (C=O) groups is 2. The van der Waals surface area contributed by atoms with Gasteiger partial charge in [0.15, 0.2) is 5.13 Å². The van der Waals surface area contributed by atoms with Crippen LogP contribution in [-0.2, 0) is 14.3 Å². The lowest BCUT2D eigenvalue weighted by Gasteiger charge is -2.39. The average molecular weight is 455 g/mol. The van der Waals surface area contributed by atoms with Crippen LogP contribution in [0.2, 0.25) is 0 Å². The molecule has 1 N–H and O–H groups in total. The fraction of sp³-hybridized carbons (Fsp3) is 0.583. The summed E-state index contributed by atoms with van der Waals surface area (Å²) in [7, 11) is 0. The molecule has 1 saturated carbocycles. The van der Waals surface area contributed by atoms with Crippen molar-refractivity contribution in [2.75, 3.05) is 18.4 Å². The van der Waals surface area contributed by atoms with Gasteiger partial charge in [0.05, 0.1) is 12.3 Å². The fourth-order valence-electron chi connectivity index (χ4n) is 5.49. The van der Waals surface area contributed by atoms with Gasteiger partial charge in [0, 0.05) is 35.8 Å². The van der Waals surface area contributed by atoms with Crippen LogP contribution in [-0.4, -0.2) is 45.4 Å². The van der Waals surface area contributed by atoms with Gasteiger partial charge in [0.25, 0.3) is 0 Å². The molecular formula is C24H30N4O3S. The molecule has 3 fully saturated rings. The van der Waals surface area contributed by atoms with Gasteiger partial charge in [-0.25, -0.2) is 9.97 Å². The maximum Gasteiger partial charge on any atom is 0.307 e. The minimum atomic E-state index is -0.543. The van der Waals surface area contributed by atoms with Crippen LogP contribution in [0.1, 0.15) is 67.9 Å². The largest absolute Gasteiger partial charge is 0.458 e. The van der Waals surface area contributed by atoms with Crippen LogP contribution in [0.3, 0.4) is 0 Å². The highest BCUT2D eigenvalue weighted by atomic mass is 32.1. The van der Waals surface area contributed by atoms with Crippen LogP contribution in [0, 0.1) is 12.8 Å². The lowest BCUT2D eigenvalue weighted by atomic mass is 9.75. The molecule has 8 heteroatoms. The van der Waals surface area contributed by atoms with E-state index in [9.17, 15) is 9.59 Å². The number of nitrogens with one attached hydrogen (secondary N) is 1. The van der Waals surface area contributed by atoms with Gasteiger partial charge in [0.2, 0.25) is 5.91 Å². The summed E-state index contributed by atoms with van der Waals surface area (Å²) in [6.45, 7) is 3.44. The summed E-state index contributed by atoms with van der Waals surface area (Å²) in [5.41, 5.74) is 0.512. The van der Waals surface area contributed by atoms with E-state index in [4.69, 9.17) is 9.72 Å². The van der Waals surface area contributed by atoms with Gasteiger partial charge >= 0.3 is 5.97 Å². The molecule has 4 heterocycles. The van der Waals surface area contributed by atoms with Crippen molar-refractivity contribution < 1.29 is 14.3 Å². The number of hydrogen-bond acceptors (Lipinski definition) is 7. The second-order valence-corrected chi connectivity index (χ2v) is 10.5. The Kier molecular flexibility index (Phi) is 5.88. The summed E-state index contributed by atoms with van der Waals surface area (Å²) in [6, 6.07) is 6.05. The van der Waals surface area contributed by atoms with Crippen molar-refractivity contribution in [2.45, 2.75) is 69.8 Å². The van der Waals surface area contributed by atoms with E-state index < -0.39 is 5.60 Å². The van der Waals surface area contributed by atoms with Gasteiger partial charge in [-0.3, -0.25) is 9.59 Å². The smallest absolute Gasteiger partial charge is 0.307 e. The first-order valence-corrected chi connectivity index (χ1v) is 12.5. The molecule has 0 unspecified atom stereocenters. The minimum absolute atomic E-state index is 0.110. The molecule has 1 atom stereocenters. The number of nitrogens with zero attached hydrogens (tertiary/aromatic N) is 3. The maximum absolute atomic E-state index is 13.4. The maximum atomic E-state index is 13.4. The molecule has 0 bridgehead atoms. The highest BCUT2D eigenvalue weighted by Crippen LogP contribution is 2.45. The number of anilines is 2. The number of ether oxygens (including phenoxy) is 1. The number of carbonyl (C=O) groups excluding carboxylic acids is 2. The van der Waals surface area contributed by atoms with E-state index in [1.807, 2.05) is 30.2 Å². The second-order valence-electron chi connectivity index (χ2n) is 9.30. The predicted octanol–water partition coefficient (Wildman–Crippen LogP) is 4.56. The molecule has 7 nitrogen and oxygen atoms in total. The van der Waals surface area contributed by atoms with Crippen LogP contribution in [0.5, 0.6) is 0 Å². The lowest BCUT2D eigenvalue weighted by molar-refractivity contribution is -0.156. The van der Waals surface area contributed by atoms with Crippen LogP contribution in [0.15, 0.2) is 24.4 Å². The minimum Gasteiger partial charge on any atom is -0.458 e. The van der Waals surface area contributed by atoms with Gasteiger partial charge in [0.1, 0.15) is 11.4 Å². The summed E-state index contributed by atoms with van der Waals surface area (Å²) in [6.07, 6.45) is 8.75. The number of esters is 1. The molecule has 1 aliphatic carbocycles. The Bertz CT molecular complexity index is 993. The molecule has 1 amide bonds. The molecule has 1 spiro atoms. The third-order valence-electron chi connectivity index (χ3n) is 7.17. The first-order valence-electron chi connectivity index (χ1n) is 11.7. The van der Waals surface area contributed by atoms with Crippen LogP contribution < -0.4 is 5.32 Å². The van der Waals surface area contributed by atoms with E-state index in [2.05, 4.69) is 16.4 Å². The zero-order valence-corrected chi connectivity index (χ0v) is 19.3. The third kappa shape index (κ3) is 4.25. The highest BCUT2D eigenvalue weighted by molar-refractivity contribution is 7.15.